The molecule has 1 aromatic heterocycles. The van der Waals surface area contributed by atoms with Crippen LogP contribution in [-0.2, 0) is 24.5 Å². The molecule has 0 spiro atoms. The van der Waals surface area contributed by atoms with Gasteiger partial charge in [0.1, 0.15) is 17.4 Å². The van der Waals surface area contributed by atoms with Crippen molar-refractivity contribution in [2.75, 3.05) is 6.26 Å². The largest absolute Gasteiger partial charge is 0.508 e. The molecule has 0 saturated carbocycles. The molecule has 1 amide bonds. The standard InChI is InChI=1S/C22H15Cl2F2N3O6S2/c1-36(32,33)37(34,35)28(11-12-2-4-13(25)5-3-12)22(31)15-9-17(23)20(10-18(15)26)29-19-7-6-14(30)8-16(19)21(24)27-29/h2-10,30H,11H2,1H3. The summed E-state index contributed by atoms with van der Waals surface area (Å²) in [4.78, 5) is 13.2. The maximum atomic E-state index is 15.3. The van der Waals surface area contributed by atoms with Gasteiger partial charge in [-0.15, -0.1) is 0 Å². The average molecular weight is 590 g/mol. The lowest BCUT2D eigenvalue weighted by atomic mass is 10.1. The maximum absolute atomic E-state index is 15.3. The molecule has 0 aliphatic rings. The summed E-state index contributed by atoms with van der Waals surface area (Å²) in [5.74, 6) is -3.51. The SMILES string of the molecule is CS(=O)(=O)S(=O)(=O)N(Cc1ccc(F)cc1)C(=O)c1cc(Cl)c(-n2nc(Cl)c3cc(O)ccc32)cc1F. The highest BCUT2D eigenvalue weighted by atomic mass is 35.5. The molecule has 37 heavy (non-hydrogen) atoms. The van der Waals surface area contributed by atoms with Gasteiger partial charge >= 0.3 is 9.06 Å². The number of hydrogen-bond acceptors (Lipinski definition) is 7. The van der Waals surface area contributed by atoms with Crippen molar-refractivity contribution in [3.8, 4) is 11.4 Å². The van der Waals surface area contributed by atoms with Crippen LogP contribution in [0.4, 0.5) is 8.78 Å². The van der Waals surface area contributed by atoms with Gasteiger partial charge in [0.2, 0.25) is 0 Å². The molecule has 1 N–H and O–H groups in total. The van der Waals surface area contributed by atoms with Crippen LogP contribution < -0.4 is 0 Å². The van der Waals surface area contributed by atoms with Gasteiger partial charge in [-0.3, -0.25) is 4.79 Å². The third-order valence-corrected chi connectivity index (χ3v) is 10.2. The summed E-state index contributed by atoms with van der Waals surface area (Å²) in [6.45, 7) is -0.823. The first-order valence-corrected chi connectivity index (χ1v) is 14.7. The zero-order valence-electron chi connectivity index (χ0n) is 18.6. The van der Waals surface area contributed by atoms with E-state index in [4.69, 9.17) is 23.2 Å². The van der Waals surface area contributed by atoms with E-state index in [1.165, 1.54) is 18.2 Å². The molecule has 0 aliphatic heterocycles. The van der Waals surface area contributed by atoms with Crippen molar-refractivity contribution in [1.29, 1.82) is 0 Å². The van der Waals surface area contributed by atoms with E-state index in [0.29, 0.717) is 17.2 Å². The number of fused-ring (bicyclic) bond motifs is 1. The van der Waals surface area contributed by atoms with Crippen molar-refractivity contribution in [3.63, 3.8) is 0 Å². The van der Waals surface area contributed by atoms with Crippen molar-refractivity contribution < 1.29 is 35.5 Å². The fraction of sp³-hybridized carbons (Fsp3) is 0.0909. The number of halogens is 4. The van der Waals surface area contributed by atoms with Crippen LogP contribution >= 0.6 is 23.2 Å². The number of amides is 1. The molecule has 9 nitrogen and oxygen atoms in total. The van der Waals surface area contributed by atoms with Crippen LogP contribution in [0, 0.1) is 11.6 Å². The van der Waals surface area contributed by atoms with Crippen LogP contribution in [-0.4, -0.2) is 48.2 Å². The molecule has 0 unspecified atom stereocenters. The van der Waals surface area contributed by atoms with Gasteiger partial charge < -0.3 is 5.11 Å². The van der Waals surface area contributed by atoms with Crippen molar-refractivity contribution in [3.05, 3.63) is 87.5 Å². The Morgan fingerprint density at radius 3 is 2.30 bits per heavy atom. The van der Waals surface area contributed by atoms with E-state index in [1.807, 2.05) is 0 Å². The van der Waals surface area contributed by atoms with Gasteiger partial charge in [-0.1, -0.05) is 35.3 Å². The van der Waals surface area contributed by atoms with E-state index in [0.717, 1.165) is 41.1 Å². The number of aromatic nitrogens is 2. The zero-order chi connectivity index (χ0) is 27.3. The first kappa shape index (κ1) is 26.8. The minimum Gasteiger partial charge on any atom is -0.508 e. The minimum atomic E-state index is -5.32. The van der Waals surface area contributed by atoms with Crippen molar-refractivity contribution >= 4 is 57.9 Å². The number of hydrogen-bond donors (Lipinski definition) is 1. The second-order valence-electron chi connectivity index (χ2n) is 7.79. The number of phenolic OH excluding ortho intramolecular Hbond substituents is 1. The molecule has 194 valence electrons. The Morgan fingerprint density at radius 2 is 1.68 bits per heavy atom. The fourth-order valence-electron chi connectivity index (χ4n) is 3.42. The smallest absolute Gasteiger partial charge is 0.344 e. The molecule has 0 atom stereocenters. The Kier molecular flexibility index (Phi) is 6.92. The highest BCUT2D eigenvalue weighted by Crippen LogP contribution is 2.33. The van der Waals surface area contributed by atoms with Gasteiger partial charge in [0.25, 0.3) is 14.8 Å². The molecule has 4 rings (SSSR count). The number of phenols is 1. The average Bonchev–Trinajstić information content (AvgIpc) is 3.14. The van der Waals surface area contributed by atoms with E-state index < -0.39 is 47.6 Å². The molecular weight excluding hydrogens is 575 g/mol. The van der Waals surface area contributed by atoms with Gasteiger partial charge in [-0.25, -0.2) is 26.2 Å². The van der Waals surface area contributed by atoms with Crippen LogP contribution in [0.3, 0.4) is 0 Å². The number of nitrogens with zero attached hydrogens (tertiary/aromatic N) is 3. The Bertz CT molecular complexity index is 1780. The summed E-state index contributed by atoms with van der Waals surface area (Å²) >= 11 is 12.4. The molecule has 3 aromatic carbocycles. The first-order valence-electron chi connectivity index (χ1n) is 10.1. The van der Waals surface area contributed by atoms with Gasteiger partial charge in [0.15, 0.2) is 5.15 Å². The highest BCUT2D eigenvalue weighted by Gasteiger charge is 2.38. The van der Waals surface area contributed by atoms with Crippen LogP contribution in [0.15, 0.2) is 54.6 Å². The van der Waals surface area contributed by atoms with Crippen molar-refractivity contribution in [2.45, 2.75) is 6.54 Å². The quantitative estimate of drug-likeness (QED) is 0.333. The Hall–Kier alpha value is -3.26. The summed E-state index contributed by atoms with van der Waals surface area (Å²) in [7, 11) is -10.2. The number of rotatable bonds is 6. The molecule has 1 heterocycles. The lowest BCUT2D eigenvalue weighted by Gasteiger charge is -2.22. The number of aromatic hydroxyl groups is 1. The Balaban J connectivity index is 1.82. The van der Waals surface area contributed by atoms with E-state index >= 15 is 4.39 Å². The van der Waals surface area contributed by atoms with E-state index in [9.17, 15) is 31.1 Å². The molecule has 0 fully saturated rings. The van der Waals surface area contributed by atoms with Crippen LogP contribution in [0.5, 0.6) is 5.75 Å². The second kappa shape index (κ2) is 9.56. The van der Waals surface area contributed by atoms with Gasteiger partial charge in [0, 0.05) is 11.5 Å². The molecule has 0 aliphatic carbocycles. The normalized spacial score (nSPS) is 12.1. The Labute approximate surface area is 218 Å². The number of carbonyl (C=O) groups is 1. The monoisotopic (exact) mass is 589 g/mol. The molecule has 15 heteroatoms. The van der Waals surface area contributed by atoms with Crippen molar-refractivity contribution in [1.82, 2.24) is 14.1 Å². The second-order valence-corrected chi connectivity index (χ2v) is 14.3. The fourth-order valence-corrected chi connectivity index (χ4v) is 6.17. The highest BCUT2D eigenvalue weighted by molar-refractivity contribution is 8.66. The van der Waals surface area contributed by atoms with Gasteiger partial charge in [-0.2, -0.15) is 13.5 Å². The van der Waals surface area contributed by atoms with E-state index in [2.05, 4.69) is 5.10 Å². The van der Waals surface area contributed by atoms with Crippen LogP contribution in [0.25, 0.3) is 16.6 Å². The Morgan fingerprint density at radius 1 is 1.03 bits per heavy atom. The lowest BCUT2D eigenvalue weighted by Crippen LogP contribution is -2.40. The number of carbonyl (C=O) groups excluding carboxylic acids is 1. The predicted molar refractivity (Wildman–Crippen MR) is 133 cm³/mol. The zero-order valence-corrected chi connectivity index (χ0v) is 21.7. The van der Waals surface area contributed by atoms with Crippen LogP contribution in [0.1, 0.15) is 15.9 Å². The summed E-state index contributed by atoms with van der Waals surface area (Å²) in [6.07, 6.45) is 0.379. The molecule has 0 radical (unpaired) electrons. The summed E-state index contributed by atoms with van der Waals surface area (Å²) < 4.78 is 79.2. The third-order valence-electron chi connectivity index (χ3n) is 5.23. The van der Waals surface area contributed by atoms with Gasteiger partial charge in [0.05, 0.1) is 34.6 Å². The lowest BCUT2D eigenvalue weighted by molar-refractivity contribution is 0.0852. The van der Waals surface area contributed by atoms with E-state index in [1.54, 1.807) is 0 Å². The molecule has 4 aromatic rings. The third kappa shape index (κ3) is 4.99. The van der Waals surface area contributed by atoms with Gasteiger partial charge in [-0.05, 0) is 42.0 Å². The maximum Gasteiger partial charge on any atom is 0.344 e. The minimum absolute atomic E-state index is 0.0348. The number of benzene rings is 3. The van der Waals surface area contributed by atoms with Crippen LogP contribution in [0.2, 0.25) is 10.2 Å². The topological polar surface area (TPSA) is 127 Å². The molecule has 0 saturated heterocycles. The van der Waals surface area contributed by atoms with E-state index in [-0.39, 0.29) is 31.5 Å². The summed E-state index contributed by atoms with van der Waals surface area (Å²) in [6, 6.07) is 9.98. The first-order chi connectivity index (χ1) is 17.2. The molecule has 0 bridgehead atoms. The van der Waals surface area contributed by atoms with Crippen molar-refractivity contribution in [2.24, 2.45) is 0 Å². The molecular formula is C22H15Cl2F2N3O6S2. The summed E-state index contributed by atoms with van der Waals surface area (Å²) in [5, 5.41) is 13.8. The predicted octanol–water partition coefficient (Wildman–Crippen LogP) is 4.25. The summed E-state index contributed by atoms with van der Waals surface area (Å²) in [5.41, 5.74) is -0.524.